The smallest absolute Gasteiger partial charge is 0.143 e. The number of hydrogen-bond donors (Lipinski definition) is 0. The standard InChI is InChI=1S/C62H39NO2/c1-3-13-40(14-4-1)42-25-27-44(28-26-42)46-33-34-58-56(38-46)57(45-31-29-43(30-32-45)41-15-5-2-6-16-41)39-63(58)49-36-47(50-19-11-21-54-52-17-7-9-23-59(52)64-61(50)54)35-48(37-49)51-20-12-22-55-53-18-8-10-24-60(53)65-62(51)55/h1-39H. The van der Waals surface area contributed by atoms with E-state index >= 15 is 0 Å². The van der Waals surface area contributed by atoms with Crippen LogP contribution in [0.25, 0.3) is 127 Å². The molecule has 0 spiro atoms. The Hall–Kier alpha value is -8.66. The molecule has 13 aromatic rings. The Morgan fingerprint density at radius 1 is 0.262 bits per heavy atom. The molecule has 0 atom stereocenters. The molecule has 0 radical (unpaired) electrons. The van der Waals surface area contributed by atoms with E-state index in [4.69, 9.17) is 8.83 Å². The molecule has 0 saturated carbocycles. The highest BCUT2D eigenvalue weighted by atomic mass is 16.3. The Labute approximate surface area is 375 Å². The molecule has 0 N–H and O–H groups in total. The monoisotopic (exact) mass is 829 g/mol. The number of fused-ring (bicyclic) bond motifs is 7. The van der Waals surface area contributed by atoms with E-state index in [-0.39, 0.29) is 0 Å². The summed E-state index contributed by atoms with van der Waals surface area (Å²) >= 11 is 0. The summed E-state index contributed by atoms with van der Waals surface area (Å²) in [6, 6.07) is 82.4. The molecular weight excluding hydrogens is 791 g/mol. The second-order valence-corrected chi connectivity index (χ2v) is 16.9. The van der Waals surface area contributed by atoms with E-state index in [9.17, 15) is 0 Å². The fourth-order valence-corrected chi connectivity index (χ4v) is 9.82. The predicted octanol–water partition coefficient (Wildman–Crippen LogP) is 17.4. The van der Waals surface area contributed by atoms with Crippen LogP contribution in [0.1, 0.15) is 0 Å². The Kier molecular flexibility index (Phi) is 8.53. The van der Waals surface area contributed by atoms with Crippen LogP contribution in [0.5, 0.6) is 0 Å². The summed E-state index contributed by atoms with van der Waals surface area (Å²) in [5.74, 6) is 0. The van der Waals surface area contributed by atoms with Crippen molar-refractivity contribution >= 4 is 54.8 Å². The maximum Gasteiger partial charge on any atom is 0.143 e. The van der Waals surface area contributed by atoms with Crippen LogP contribution in [0.15, 0.2) is 246 Å². The van der Waals surface area contributed by atoms with E-state index < -0.39 is 0 Å². The topological polar surface area (TPSA) is 31.2 Å². The number of hydrogen-bond acceptors (Lipinski definition) is 2. The Morgan fingerprint density at radius 2 is 0.692 bits per heavy atom. The zero-order valence-electron chi connectivity index (χ0n) is 35.3. The molecule has 304 valence electrons. The van der Waals surface area contributed by atoms with Crippen molar-refractivity contribution in [1.82, 2.24) is 4.57 Å². The molecule has 65 heavy (non-hydrogen) atoms. The fraction of sp³-hybridized carbons (Fsp3) is 0. The summed E-state index contributed by atoms with van der Waals surface area (Å²) < 4.78 is 15.7. The predicted molar refractivity (Wildman–Crippen MR) is 270 cm³/mol. The van der Waals surface area contributed by atoms with E-state index in [0.29, 0.717) is 0 Å². The van der Waals surface area contributed by atoms with Crippen molar-refractivity contribution in [1.29, 1.82) is 0 Å². The lowest BCUT2D eigenvalue weighted by atomic mass is 9.95. The van der Waals surface area contributed by atoms with Crippen LogP contribution >= 0.6 is 0 Å². The third-order valence-electron chi connectivity index (χ3n) is 13.1. The summed E-state index contributed by atoms with van der Waals surface area (Å²) in [4.78, 5) is 0. The van der Waals surface area contributed by atoms with Gasteiger partial charge in [0.25, 0.3) is 0 Å². The SMILES string of the molecule is c1ccc(-c2ccc(-c3ccc4c(c3)c(-c3ccc(-c5ccccc5)cc3)cn4-c3cc(-c4cccc5c4oc4ccccc45)cc(-c4cccc5c4oc4ccccc45)c3)cc2)cc1. The first-order chi connectivity index (χ1) is 32.2. The molecular formula is C62H39NO2. The minimum absolute atomic E-state index is 0.873. The summed E-state index contributed by atoms with van der Waals surface area (Å²) in [5.41, 5.74) is 19.3. The van der Waals surface area contributed by atoms with Crippen molar-refractivity contribution in [3.63, 3.8) is 0 Å². The number of para-hydroxylation sites is 4. The van der Waals surface area contributed by atoms with E-state index in [0.717, 1.165) is 88.5 Å². The molecule has 0 aliphatic heterocycles. The second-order valence-electron chi connectivity index (χ2n) is 16.9. The zero-order valence-corrected chi connectivity index (χ0v) is 35.3. The summed E-state index contributed by atoms with van der Waals surface area (Å²) in [6.45, 7) is 0. The maximum absolute atomic E-state index is 6.68. The lowest BCUT2D eigenvalue weighted by Gasteiger charge is -2.14. The Morgan fingerprint density at radius 3 is 1.23 bits per heavy atom. The third kappa shape index (κ3) is 6.28. The Balaban J connectivity index is 1.03. The minimum Gasteiger partial charge on any atom is -0.455 e. The molecule has 10 aromatic carbocycles. The summed E-state index contributed by atoms with van der Waals surface area (Å²) in [6.07, 6.45) is 2.32. The van der Waals surface area contributed by atoms with Crippen LogP contribution < -0.4 is 0 Å². The highest BCUT2D eigenvalue weighted by Gasteiger charge is 2.20. The molecule has 3 aromatic heterocycles. The molecule has 0 bridgehead atoms. The van der Waals surface area contributed by atoms with Crippen LogP contribution in [-0.4, -0.2) is 4.57 Å². The van der Waals surface area contributed by atoms with Crippen LogP contribution in [0.4, 0.5) is 0 Å². The van der Waals surface area contributed by atoms with Crippen molar-refractivity contribution in [3.05, 3.63) is 237 Å². The van der Waals surface area contributed by atoms with Gasteiger partial charge in [0.05, 0.1) is 5.52 Å². The molecule has 0 unspecified atom stereocenters. The third-order valence-corrected chi connectivity index (χ3v) is 13.1. The molecule has 3 heterocycles. The van der Waals surface area contributed by atoms with E-state index in [1.807, 2.05) is 12.1 Å². The number of benzene rings is 10. The van der Waals surface area contributed by atoms with Gasteiger partial charge in [-0.3, -0.25) is 0 Å². The van der Waals surface area contributed by atoms with Gasteiger partial charge in [-0.15, -0.1) is 0 Å². The fourth-order valence-electron chi connectivity index (χ4n) is 9.82. The summed E-state index contributed by atoms with van der Waals surface area (Å²) in [7, 11) is 0. The normalized spacial score (nSPS) is 11.7. The molecule has 0 amide bonds. The van der Waals surface area contributed by atoms with Gasteiger partial charge in [-0.2, -0.15) is 0 Å². The second kappa shape index (κ2) is 15.0. The molecule has 3 heteroatoms. The molecule has 13 rings (SSSR count). The van der Waals surface area contributed by atoms with Crippen molar-refractivity contribution in [2.75, 3.05) is 0 Å². The lowest BCUT2D eigenvalue weighted by Crippen LogP contribution is -1.95. The molecule has 0 aliphatic carbocycles. The van der Waals surface area contributed by atoms with Gasteiger partial charge in [-0.05, 0) is 92.5 Å². The van der Waals surface area contributed by atoms with Gasteiger partial charge in [-0.1, -0.05) is 188 Å². The number of rotatable bonds is 7. The molecule has 3 nitrogen and oxygen atoms in total. The van der Waals surface area contributed by atoms with Crippen LogP contribution in [-0.2, 0) is 0 Å². The maximum atomic E-state index is 6.68. The first kappa shape index (κ1) is 36.9. The van der Waals surface area contributed by atoms with Gasteiger partial charge in [0.2, 0.25) is 0 Å². The van der Waals surface area contributed by atoms with Gasteiger partial charge in [0, 0.05) is 55.5 Å². The van der Waals surface area contributed by atoms with Crippen molar-refractivity contribution < 1.29 is 8.83 Å². The largest absolute Gasteiger partial charge is 0.455 e. The zero-order chi connectivity index (χ0) is 42.8. The molecule has 0 fully saturated rings. The van der Waals surface area contributed by atoms with Crippen molar-refractivity contribution in [3.8, 4) is 72.4 Å². The van der Waals surface area contributed by atoms with Gasteiger partial charge in [0.1, 0.15) is 22.3 Å². The quantitative estimate of drug-likeness (QED) is 0.160. The van der Waals surface area contributed by atoms with Crippen molar-refractivity contribution in [2.45, 2.75) is 0 Å². The molecule has 0 saturated heterocycles. The van der Waals surface area contributed by atoms with E-state index in [2.05, 4.69) is 229 Å². The number of aromatic nitrogens is 1. The van der Waals surface area contributed by atoms with Gasteiger partial charge < -0.3 is 13.4 Å². The molecule has 0 aliphatic rings. The summed E-state index contributed by atoms with van der Waals surface area (Å²) in [5, 5.41) is 5.59. The lowest BCUT2D eigenvalue weighted by molar-refractivity contribution is 0.670. The first-order valence-electron chi connectivity index (χ1n) is 22.1. The Bertz CT molecular complexity index is 3780. The van der Waals surface area contributed by atoms with Crippen molar-refractivity contribution in [2.24, 2.45) is 0 Å². The van der Waals surface area contributed by atoms with Crippen LogP contribution in [0.3, 0.4) is 0 Å². The highest BCUT2D eigenvalue weighted by molar-refractivity contribution is 6.12. The average Bonchev–Trinajstić information content (AvgIpc) is 4.09. The average molecular weight is 830 g/mol. The van der Waals surface area contributed by atoms with Gasteiger partial charge in [0.15, 0.2) is 0 Å². The van der Waals surface area contributed by atoms with Crippen LogP contribution in [0.2, 0.25) is 0 Å². The highest BCUT2D eigenvalue weighted by Crippen LogP contribution is 2.43. The minimum atomic E-state index is 0.873. The van der Waals surface area contributed by atoms with Crippen LogP contribution in [0, 0.1) is 0 Å². The number of furan rings is 2. The number of nitrogens with zero attached hydrogens (tertiary/aromatic N) is 1. The van der Waals surface area contributed by atoms with Gasteiger partial charge >= 0.3 is 0 Å². The van der Waals surface area contributed by atoms with E-state index in [1.165, 1.54) is 38.8 Å². The van der Waals surface area contributed by atoms with Gasteiger partial charge in [-0.25, -0.2) is 0 Å². The first-order valence-corrected chi connectivity index (χ1v) is 22.1. The van der Waals surface area contributed by atoms with E-state index in [1.54, 1.807) is 0 Å².